The van der Waals surface area contributed by atoms with Crippen LogP contribution in [-0.4, -0.2) is 26.2 Å². The van der Waals surface area contributed by atoms with Crippen LogP contribution in [0.25, 0.3) is 6.08 Å². The zero-order valence-corrected chi connectivity index (χ0v) is 19.0. The number of fused-ring (bicyclic) bond motifs is 1. The highest BCUT2D eigenvalue weighted by Crippen LogP contribution is 2.36. The number of methoxy groups -OCH3 is 1. The highest BCUT2D eigenvalue weighted by atomic mass is 16.5. The molecule has 0 amide bonds. The second-order valence-corrected chi connectivity index (χ2v) is 7.82. The predicted molar refractivity (Wildman–Crippen MR) is 130 cm³/mol. The van der Waals surface area contributed by atoms with E-state index in [9.17, 15) is 4.79 Å². The van der Waals surface area contributed by atoms with Crippen LogP contribution in [0.15, 0.2) is 72.8 Å². The second-order valence-electron chi connectivity index (χ2n) is 7.82. The van der Waals surface area contributed by atoms with Crippen molar-refractivity contribution in [1.82, 2.24) is 5.32 Å². The Morgan fingerprint density at radius 3 is 2.64 bits per heavy atom. The molecule has 0 fully saturated rings. The molecule has 1 atom stereocenters. The first kappa shape index (κ1) is 22.6. The number of ether oxygens (including phenoxy) is 3. The van der Waals surface area contributed by atoms with Gasteiger partial charge in [0.2, 0.25) is 0 Å². The minimum absolute atomic E-state index is 0.000995. The van der Waals surface area contributed by atoms with Crippen LogP contribution in [0.1, 0.15) is 45.6 Å². The molecule has 170 valence electrons. The third kappa shape index (κ3) is 5.44. The molecule has 0 radical (unpaired) electrons. The van der Waals surface area contributed by atoms with Gasteiger partial charge in [0, 0.05) is 6.54 Å². The summed E-state index contributed by atoms with van der Waals surface area (Å²) in [5.41, 5.74) is 4.88. The van der Waals surface area contributed by atoms with Crippen molar-refractivity contribution in [2.24, 2.45) is 0 Å². The zero-order valence-electron chi connectivity index (χ0n) is 19.0. The minimum Gasteiger partial charge on any atom is -0.493 e. The van der Waals surface area contributed by atoms with E-state index in [1.165, 1.54) is 5.56 Å². The standard InChI is InChI=1S/C28H29NO4/c1-3-32-28(30)23-12-8-7-11-21(23)13-14-25-24-18-26(31-2)27(17-22(24)15-16-29-25)33-19-20-9-5-4-6-10-20/h4-14,17-18,25,29H,3,15-16,19H2,1-2H3. The number of carbonyl (C=O) groups is 1. The SMILES string of the molecule is CCOC(=O)c1ccccc1C=CC1NCCc2cc(OCc3ccccc3)c(OC)cc21. The van der Waals surface area contributed by atoms with Crippen LogP contribution < -0.4 is 14.8 Å². The topological polar surface area (TPSA) is 56.8 Å². The average molecular weight is 444 g/mol. The smallest absolute Gasteiger partial charge is 0.338 e. The monoisotopic (exact) mass is 443 g/mol. The molecule has 3 aromatic carbocycles. The third-order valence-electron chi connectivity index (χ3n) is 5.68. The van der Waals surface area contributed by atoms with Gasteiger partial charge in [0.25, 0.3) is 0 Å². The first-order valence-corrected chi connectivity index (χ1v) is 11.2. The molecule has 0 saturated heterocycles. The van der Waals surface area contributed by atoms with Gasteiger partial charge in [0.15, 0.2) is 11.5 Å². The molecule has 0 saturated carbocycles. The van der Waals surface area contributed by atoms with Crippen molar-refractivity contribution < 1.29 is 19.0 Å². The number of nitrogens with one attached hydrogen (secondary N) is 1. The summed E-state index contributed by atoms with van der Waals surface area (Å²) in [6.07, 6.45) is 4.97. The molecule has 1 aliphatic heterocycles. The maximum atomic E-state index is 12.3. The molecule has 0 spiro atoms. The minimum atomic E-state index is -0.309. The number of esters is 1. The quantitative estimate of drug-likeness (QED) is 0.476. The predicted octanol–water partition coefficient (Wildman–Crippen LogP) is 5.35. The summed E-state index contributed by atoms with van der Waals surface area (Å²) in [5.74, 6) is 1.15. The molecule has 3 aromatic rings. The van der Waals surface area contributed by atoms with Crippen molar-refractivity contribution in [2.45, 2.75) is 26.0 Å². The van der Waals surface area contributed by atoms with Gasteiger partial charge < -0.3 is 19.5 Å². The van der Waals surface area contributed by atoms with E-state index in [-0.39, 0.29) is 12.0 Å². The Morgan fingerprint density at radius 2 is 1.85 bits per heavy atom. The van der Waals surface area contributed by atoms with Crippen molar-refractivity contribution in [2.75, 3.05) is 20.3 Å². The molecule has 5 heteroatoms. The molecule has 0 bridgehead atoms. The Bertz CT molecular complexity index is 1120. The Kier molecular flexibility index (Phi) is 7.43. The van der Waals surface area contributed by atoms with E-state index in [0.717, 1.165) is 35.4 Å². The first-order valence-electron chi connectivity index (χ1n) is 11.2. The van der Waals surface area contributed by atoms with E-state index < -0.39 is 0 Å². The van der Waals surface area contributed by atoms with Gasteiger partial charge in [0.1, 0.15) is 6.61 Å². The zero-order chi connectivity index (χ0) is 23.0. The van der Waals surface area contributed by atoms with E-state index in [1.807, 2.05) is 67.6 Å². The summed E-state index contributed by atoms with van der Waals surface area (Å²) in [7, 11) is 1.66. The van der Waals surface area contributed by atoms with Crippen molar-refractivity contribution in [3.8, 4) is 11.5 Å². The largest absolute Gasteiger partial charge is 0.493 e. The Hall–Kier alpha value is -3.57. The van der Waals surface area contributed by atoms with E-state index in [1.54, 1.807) is 13.2 Å². The highest BCUT2D eigenvalue weighted by molar-refractivity contribution is 5.93. The summed E-state index contributed by atoms with van der Waals surface area (Å²) in [6, 6.07) is 21.7. The van der Waals surface area contributed by atoms with Crippen LogP contribution in [0, 0.1) is 0 Å². The number of rotatable bonds is 8. The fourth-order valence-corrected chi connectivity index (χ4v) is 4.01. The normalized spacial score (nSPS) is 15.2. The van der Waals surface area contributed by atoms with Crippen LogP contribution in [0.5, 0.6) is 11.5 Å². The van der Waals surface area contributed by atoms with Crippen LogP contribution in [0.4, 0.5) is 0 Å². The lowest BCUT2D eigenvalue weighted by Crippen LogP contribution is -2.28. The summed E-state index contributed by atoms with van der Waals surface area (Å²) in [4.78, 5) is 12.3. The molecule has 0 aliphatic carbocycles. The van der Waals surface area contributed by atoms with E-state index in [4.69, 9.17) is 14.2 Å². The summed E-state index contributed by atoms with van der Waals surface area (Å²) < 4.78 is 16.9. The Balaban J connectivity index is 1.57. The van der Waals surface area contributed by atoms with Crippen molar-refractivity contribution in [3.05, 3.63) is 101 Å². The summed E-state index contributed by atoms with van der Waals surface area (Å²) in [6.45, 7) is 3.50. The molecular weight excluding hydrogens is 414 g/mol. The number of hydrogen-bond donors (Lipinski definition) is 1. The maximum Gasteiger partial charge on any atom is 0.338 e. The molecule has 4 rings (SSSR count). The fraction of sp³-hybridized carbons (Fsp3) is 0.250. The van der Waals surface area contributed by atoms with Gasteiger partial charge in [-0.15, -0.1) is 0 Å². The third-order valence-corrected chi connectivity index (χ3v) is 5.68. The van der Waals surface area contributed by atoms with Gasteiger partial charge in [-0.2, -0.15) is 0 Å². The molecule has 1 heterocycles. The molecule has 1 N–H and O–H groups in total. The second kappa shape index (κ2) is 10.8. The van der Waals surface area contributed by atoms with Gasteiger partial charge in [0.05, 0.1) is 25.3 Å². The maximum absolute atomic E-state index is 12.3. The highest BCUT2D eigenvalue weighted by Gasteiger charge is 2.21. The van der Waals surface area contributed by atoms with Gasteiger partial charge in [-0.3, -0.25) is 0 Å². The van der Waals surface area contributed by atoms with E-state index in [2.05, 4.69) is 17.5 Å². The number of hydrogen-bond acceptors (Lipinski definition) is 5. The lowest BCUT2D eigenvalue weighted by atomic mass is 9.92. The number of benzene rings is 3. The van der Waals surface area contributed by atoms with E-state index in [0.29, 0.717) is 24.5 Å². The van der Waals surface area contributed by atoms with Crippen molar-refractivity contribution in [3.63, 3.8) is 0 Å². The molecule has 1 unspecified atom stereocenters. The molecule has 33 heavy (non-hydrogen) atoms. The van der Waals surface area contributed by atoms with E-state index >= 15 is 0 Å². The molecule has 0 aromatic heterocycles. The van der Waals surface area contributed by atoms with Crippen molar-refractivity contribution >= 4 is 12.0 Å². The van der Waals surface area contributed by atoms with Gasteiger partial charge in [-0.25, -0.2) is 4.79 Å². The summed E-state index contributed by atoms with van der Waals surface area (Å²) in [5, 5.41) is 3.55. The lowest BCUT2D eigenvalue weighted by Gasteiger charge is -2.26. The van der Waals surface area contributed by atoms with Gasteiger partial charge in [-0.1, -0.05) is 60.7 Å². The van der Waals surface area contributed by atoms with Crippen LogP contribution >= 0.6 is 0 Å². The Labute approximate surface area is 195 Å². The van der Waals surface area contributed by atoms with Crippen LogP contribution in [-0.2, 0) is 17.8 Å². The lowest BCUT2D eigenvalue weighted by molar-refractivity contribution is 0.0526. The number of carbonyl (C=O) groups excluding carboxylic acids is 1. The molecular formula is C28H29NO4. The van der Waals surface area contributed by atoms with Crippen molar-refractivity contribution in [1.29, 1.82) is 0 Å². The fourth-order valence-electron chi connectivity index (χ4n) is 4.01. The van der Waals surface area contributed by atoms with Crippen LogP contribution in [0.2, 0.25) is 0 Å². The van der Waals surface area contributed by atoms with Gasteiger partial charge in [-0.05, 0) is 53.8 Å². The Morgan fingerprint density at radius 1 is 1.06 bits per heavy atom. The molecule has 1 aliphatic rings. The van der Waals surface area contributed by atoms with Crippen LogP contribution in [0.3, 0.4) is 0 Å². The average Bonchev–Trinajstić information content (AvgIpc) is 2.86. The first-order chi connectivity index (χ1) is 16.2. The summed E-state index contributed by atoms with van der Waals surface area (Å²) >= 11 is 0. The molecule has 5 nitrogen and oxygen atoms in total. The van der Waals surface area contributed by atoms with Gasteiger partial charge >= 0.3 is 5.97 Å².